The van der Waals surface area contributed by atoms with Crippen molar-refractivity contribution in [3.63, 3.8) is 0 Å². The van der Waals surface area contributed by atoms with Crippen LogP contribution in [0.3, 0.4) is 0 Å². The number of nitrogens with zero attached hydrogens (tertiary/aromatic N) is 4. The van der Waals surface area contributed by atoms with Crippen LogP contribution in [0.5, 0.6) is 0 Å². The van der Waals surface area contributed by atoms with E-state index in [0.717, 1.165) is 6.42 Å². The molecule has 1 aliphatic heterocycles. The normalized spacial score (nSPS) is 25.3. The predicted octanol–water partition coefficient (Wildman–Crippen LogP) is 1.02. The lowest BCUT2D eigenvalue weighted by molar-refractivity contribution is -0.145. The van der Waals surface area contributed by atoms with Crippen LogP contribution in [0.15, 0.2) is 12.7 Å². The van der Waals surface area contributed by atoms with Crippen molar-refractivity contribution in [3.8, 4) is 0 Å². The monoisotopic (exact) mass is 355 g/mol. The second-order valence-electron chi connectivity index (χ2n) is 4.79. The van der Waals surface area contributed by atoms with Crippen LogP contribution in [0.25, 0.3) is 11.2 Å². The van der Waals surface area contributed by atoms with E-state index in [1.807, 2.05) is 0 Å². The fourth-order valence-electron chi connectivity index (χ4n) is 2.32. The van der Waals surface area contributed by atoms with Crippen molar-refractivity contribution in [2.45, 2.75) is 30.5 Å². The molecule has 9 heteroatoms. The number of halogens is 1. The van der Waals surface area contributed by atoms with E-state index in [0.29, 0.717) is 17.0 Å². The van der Waals surface area contributed by atoms with E-state index >= 15 is 0 Å². The van der Waals surface area contributed by atoms with Gasteiger partial charge in [0.1, 0.15) is 24.7 Å². The Labute approximate surface area is 128 Å². The number of alkyl halides is 1. The summed E-state index contributed by atoms with van der Waals surface area (Å²) in [5.41, 5.74) is 6.94. The highest BCUT2D eigenvalue weighted by molar-refractivity contribution is 9.09. The summed E-state index contributed by atoms with van der Waals surface area (Å²) in [6, 6.07) is 0. The van der Waals surface area contributed by atoms with E-state index in [1.165, 1.54) is 13.3 Å². The van der Waals surface area contributed by atoms with E-state index in [4.69, 9.17) is 15.2 Å². The van der Waals surface area contributed by atoms with E-state index < -0.39 is 0 Å². The molecule has 21 heavy (non-hydrogen) atoms. The van der Waals surface area contributed by atoms with Crippen LogP contribution in [0, 0.1) is 0 Å². The first-order chi connectivity index (χ1) is 10.1. The lowest BCUT2D eigenvalue weighted by Crippen LogP contribution is -2.18. The largest absolute Gasteiger partial charge is 0.463 e. The Hall–Kier alpha value is -1.74. The minimum Gasteiger partial charge on any atom is -0.463 e. The van der Waals surface area contributed by atoms with E-state index in [9.17, 15) is 4.79 Å². The molecule has 0 radical (unpaired) electrons. The summed E-state index contributed by atoms with van der Waals surface area (Å²) in [5.74, 6) is 0.0149. The highest BCUT2D eigenvalue weighted by Gasteiger charge is 2.36. The van der Waals surface area contributed by atoms with E-state index in [1.54, 1.807) is 10.9 Å². The maximum atomic E-state index is 10.9. The van der Waals surface area contributed by atoms with Gasteiger partial charge in [-0.1, -0.05) is 15.9 Å². The molecule has 2 aromatic heterocycles. The highest BCUT2D eigenvalue weighted by atomic mass is 79.9. The molecule has 0 bridgehead atoms. The molecule has 0 spiro atoms. The van der Waals surface area contributed by atoms with Gasteiger partial charge in [0, 0.05) is 6.92 Å². The molecular weight excluding hydrogens is 342 g/mol. The topological polar surface area (TPSA) is 105 Å². The third kappa shape index (κ3) is 2.70. The lowest BCUT2D eigenvalue weighted by Gasteiger charge is -2.16. The first-order valence-corrected chi connectivity index (χ1v) is 7.33. The molecule has 2 N–H and O–H groups in total. The maximum Gasteiger partial charge on any atom is 0.302 e. The number of imidazole rings is 1. The summed E-state index contributed by atoms with van der Waals surface area (Å²) in [7, 11) is 0. The molecule has 0 aromatic carbocycles. The number of nitrogen functional groups attached to an aromatic ring is 1. The van der Waals surface area contributed by atoms with Crippen LogP contribution in [0.1, 0.15) is 19.6 Å². The molecule has 1 aliphatic rings. The number of carbonyl (C=O) groups is 1. The van der Waals surface area contributed by atoms with Crippen LogP contribution in [-0.2, 0) is 14.3 Å². The van der Waals surface area contributed by atoms with Crippen molar-refractivity contribution in [3.05, 3.63) is 12.7 Å². The summed E-state index contributed by atoms with van der Waals surface area (Å²) < 4.78 is 12.7. The van der Waals surface area contributed by atoms with Gasteiger partial charge in [-0.05, 0) is 6.42 Å². The Morgan fingerprint density at radius 1 is 1.57 bits per heavy atom. The van der Waals surface area contributed by atoms with Crippen LogP contribution < -0.4 is 5.73 Å². The number of hydrogen-bond acceptors (Lipinski definition) is 7. The number of fused-ring (bicyclic) bond motifs is 1. The Balaban J connectivity index is 1.82. The van der Waals surface area contributed by atoms with Crippen molar-refractivity contribution in [2.75, 3.05) is 12.3 Å². The Kier molecular flexibility index (Phi) is 3.77. The molecule has 0 saturated carbocycles. The summed E-state index contributed by atoms with van der Waals surface area (Å²) in [6.45, 7) is 1.61. The zero-order chi connectivity index (χ0) is 15.0. The molecule has 3 atom stereocenters. The minimum atomic E-state index is -0.318. The molecule has 3 rings (SSSR count). The van der Waals surface area contributed by atoms with Gasteiger partial charge in [0.2, 0.25) is 0 Å². The number of aromatic nitrogens is 4. The SMILES string of the molecule is CC(=O)OC[C@@H]1C[C@@H](Br)C(n2cnc3c(N)ncnc32)O1. The first kappa shape index (κ1) is 14.2. The van der Waals surface area contributed by atoms with Crippen LogP contribution in [0.2, 0.25) is 0 Å². The predicted molar refractivity (Wildman–Crippen MR) is 77.6 cm³/mol. The quantitative estimate of drug-likeness (QED) is 0.647. The standard InChI is InChI=1S/C12H14BrN5O3/c1-6(19)20-3-7-2-8(13)12(21-7)18-5-17-9-10(14)15-4-16-11(9)18/h4-5,7-8,12H,2-3H2,1H3,(H2,14,15,16)/t7-,8+,12?/m0/s1. The highest BCUT2D eigenvalue weighted by Crippen LogP contribution is 2.36. The van der Waals surface area contributed by atoms with Crippen molar-refractivity contribution < 1.29 is 14.3 Å². The zero-order valence-corrected chi connectivity index (χ0v) is 12.9. The first-order valence-electron chi connectivity index (χ1n) is 6.42. The van der Waals surface area contributed by atoms with Gasteiger partial charge in [0.25, 0.3) is 0 Å². The zero-order valence-electron chi connectivity index (χ0n) is 11.3. The summed E-state index contributed by atoms with van der Waals surface area (Å²) in [5, 5.41) is 0. The Morgan fingerprint density at radius 3 is 3.14 bits per heavy atom. The van der Waals surface area contributed by atoms with Gasteiger partial charge in [0.15, 0.2) is 11.5 Å². The maximum absolute atomic E-state index is 10.9. The molecule has 0 amide bonds. The van der Waals surface area contributed by atoms with Crippen LogP contribution >= 0.6 is 15.9 Å². The molecule has 8 nitrogen and oxygen atoms in total. The lowest BCUT2D eigenvalue weighted by atomic mass is 10.2. The van der Waals surface area contributed by atoms with Gasteiger partial charge in [-0.25, -0.2) is 15.0 Å². The molecule has 3 heterocycles. The third-order valence-electron chi connectivity index (χ3n) is 3.26. The average molecular weight is 356 g/mol. The average Bonchev–Trinajstić information content (AvgIpc) is 3.01. The number of ether oxygens (including phenoxy) is 2. The summed E-state index contributed by atoms with van der Waals surface area (Å²) in [6.07, 6.45) is 3.29. The van der Waals surface area contributed by atoms with Crippen molar-refractivity contribution >= 4 is 38.9 Å². The van der Waals surface area contributed by atoms with Gasteiger partial charge in [-0.3, -0.25) is 9.36 Å². The fourth-order valence-corrected chi connectivity index (χ4v) is 3.12. The van der Waals surface area contributed by atoms with E-state index in [2.05, 4.69) is 30.9 Å². The number of hydrogen-bond donors (Lipinski definition) is 1. The summed E-state index contributed by atoms with van der Waals surface area (Å²) >= 11 is 3.59. The Morgan fingerprint density at radius 2 is 2.38 bits per heavy atom. The number of nitrogens with two attached hydrogens (primary N) is 1. The number of esters is 1. The van der Waals surface area contributed by atoms with Gasteiger partial charge in [0.05, 0.1) is 17.3 Å². The van der Waals surface area contributed by atoms with Gasteiger partial charge >= 0.3 is 5.97 Å². The second-order valence-corrected chi connectivity index (χ2v) is 5.96. The van der Waals surface area contributed by atoms with Crippen molar-refractivity contribution in [1.82, 2.24) is 19.5 Å². The molecule has 1 fully saturated rings. The third-order valence-corrected chi connectivity index (χ3v) is 4.09. The van der Waals surface area contributed by atoms with Crippen LogP contribution in [-0.4, -0.2) is 43.0 Å². The van der Waals surface area contributed by atoms with Crippen LogP contribution in [0.4, 0.5) is 5.82 Å². The Bertz CT molecular complexity index is 676. The molecule has 1 unspecified atom stereocenters. The molecule has 0 aliphatic carbocycles. The fraction of sp³-hybridized carbons (Fsp3) is 0.500. The van der Waals surface area contributed by atoms with Gasteiger partial charge in [-0.15, -0.1) is 0 Å². The van der Waals surface area contributed by atoms with Gasteiger partial charge < -0.3 is 15.2 Å². The van der Waals surface area contributed by atoms with Crippen molar-refractivity contribution in [1.29, 1.82) is 0 Å². The number of carbonyl (C=O) groups excluding carboxylic acids is 1. The molecule has 1 saturated heterocycles. The molecule has 112 valence electrons. The van der Waals surface area contributed by atoms with Gasteiger partial charge in [-0.2, -0.15) is 0 Å². The minimum absolute atomic E-state index is 0.0617. The molecular formula is C12H14BrN5O3. The summed E-state index contributed by atoms with van der Waals surface area (Å²) in [4.78, 5) is 23.3. The second kappa shape index (κ2) is 5.57. The van der Waals surface area contributed by atoms with Crippen molar-refractivity contribution in [2.24, 2.45) is 0 Å². The number of anilines is 1. The number of rotatable bonds is 3. The molecule has 2 aromatic rings. The van der Waals surface area contributed by atoms with E-state index in [-0.39, 0.29) is 29.7 Å². The smallest absolute Gasteiger partial charge is 0.302 e.